The monoisotopic (exact) mass is 316 g/mol. The number of aliphatic hydroxyl groups is 1. The Bertz CT molecular complexity index is 462. The number of nitrogens with zero attached hydrogens (tertiary/aromatic N) is 1. The third kappa shape index (κ3) is 3.85. The number of anilines is 1. The minimum Gasteiger partial charge on any atom is -0.395 e. The van der Waals surface area contributed by atoms with Crippen molar-refractivity contribution in [2.45, 2.75) is 25.3 Å². The average molecular weight is 317 g/mol. The van der Waals surface area contributed by atoms with Crippen molar-refractivity contribution in [3.05, 3.63) is 28.2 Å². The number of carbonyl (C=O) groups excluding carboxylic acids is 1. The van der Waals surface area contributed by atoms with Crippen molar-refractivity contribution < 1.29 is 9.90 Å². The van der Waals surface area contributed by atoms with Gasteiger partial charge in [-0.05, 0) is 31.5 Å². The Morgan fingerprint density at radius 1 is 1.40 bits per heavy atom. The Labute approximate surface area is 128 Å². The zero-order chi connectivity index (χ0) is 14.5. The lowest BCUT2D eigenvalue weighted by atomic mass is 10.2. The lowest BCUT2D eigenvalue weighted by molar-refractivity contribution is -0.116. The number of nitrogens with one attached hydrogen (secondary N) is 1. The van der Waals surface area contributed by atoms with Crippen molar-refractivity contribution in [3.8, 4) is 0 Å². The molecular weight excluding hydrogens is 299 g/mol. The van der Waals surface area contributed by atoms with Crippen molar-refractivity contribution in [1.82, 2.24) is 4.90 Å². The van der Waals surface area contributed by atoms with E-state index in [1.165, 1.54) is 0 Å². The van der Waals surface area contributed by atoms with Gasteiger partial charge in [-0.15, -0.1) is 0 Å². The number of para-hydroxylation sites is 1. The molecule has 0 aromatic heterocycles. The van der Waals surface area contributed by atoms with Crippen molar-refractivity contribution in [2.24, 2.45) is 0 Å². The van der Waals surface area contributed by atoms with Crippen LogP contribution in [0.15, 0.2) is 18.2 Å². The number of hydrogen-bond donors (Lipinski definition) is 2. The maximum atomic E-state index is 12.0. The first-order chi connectivity index (χ1) is 9.61. The zero-order valence-electron chi connectivity index (χ0n) is 11.1. The van der Waals surface area contributed by atoms with Gasteiger partial charge >= 0.3 is 0 Å². The summed E-state index contributed by atoms with van der Waals surface area (Å²) in [4.78, 5) is 14.1. The molecule has 1 aromatic carbocycles. The number of likely N-dealkylation sites (tertiary alicyclic amines) is 1. The highest BCUT2D eigenvalue weighted by atomic mass is 35.5. The van der Waals surface area contributed by atoms with Gasteiger partial charge in [0.25, 0.3) is 0 Å². The standard InChI is InChI=1S/C14H18Cl2N2O2/c15-11-4-1-5-12(16)14(11)17-13(20)6-8-18-7-2-3-10(18)9-19/h1,4-5,10,19H,2-3,6-9H2,(H,17,20)/t10-/m1/s1. The van der Waals surface area contributed by atoms with Crippen molar-refractivity contribution in [1.29, 1.82) is 0 Å². The quantitative estimate of drug-likeness (QED) is 0.878. The molecule has 0 bridgehead atoms. The molecule has 1 aliphatic heterocycles. The van der Waals surface area contributed by atoms with E-state index in [2.05, 4.69) is 10.2 Å². The predicted octanol–water partition coefficient (Wildman–Crippen LogP) is 2.78. The van der Waals surface area contributed by atoms with Crippen LogP contribution in [-0.4, -0.2) is 41.7 Å². The second kappa shape index (κ2) is 7.27. The van der Waals surface area contributed by atoms with Crippen LogP contribution in [-0.2, 0) is 4.79 Å². The van der Waals surface area contributed by atoms with Crippen LogP contribution in [0, 0.1) is 0 Å². The number of rotatable bonds is 5. The van der Waals surface area contributed by atoms with Gasteiger partial charge in [0.15, 0.2) is 0 Å². The van der Waals surface area contributed by atoms with Crippen molar-refractivity contribution in [3.63, 3.8) is 0 Å². The fraction of sp³-hybridized carbons (Fsp3) is 0.500. The van der Waals surface area contributed by atoms with E-state index >= 15 is 0 Å². The molecule has 1 aromatic rings. The van der Waals surface area contributed by atoms with Crippen LogP contribution < -0.4 is 5.32 Å². The lowest BCUT2D eigenvalue weighted by Crippen LogP contribution is -2.34. The van der Waals surface area contributed by atoms with Gasteiger partial charge in [0.2, 0.25) is 5.91 Å². The van der Waals surface area contributed by atoms with Crippen molar-refractivity contribution in [2.75, 3.05) is 25.0 Å². The first-order valence-corrected chi connectivity index (χ1v) is 7.46. The van der Waals surface area contributed by atoms with E-state index in [1.54, 1.807) is 18.2 Å². The Morgan fingerprint density at radius 3 is 2.75 bits per heavy atom. The van der Waals surface area contributed by atoms with Gasteiger partial charge in [-0.3, -0.25) is 9.69 Å². The molecule has 20 heavy (non-hydrogen) atoms. The maximum absolute atomic E-state index is 12.0. The molecule has 2 rings (SSSR count). The first-order valence-electron chi connectivity index (χ1n) is 6.70. The number of benzene rings is 1. The summed E-state index contributed by atoms with van der Waals surface area (Å²) in [6.07, 6.45) is 2.43. The molecule has 0 unspecified atom stereocenters. The molecule has 1 atom stereocenters. The van der Waals surface area contributed by atoms with E-state index in [9.17, 15) is 9.90 Å². The molecule has 1 heterocycles. The molecule has 110 valence electrons. The summed E-state index contributed by atoms with van der Waals surface area (Å²) in [5.74, 6) is -0.122. The van der Waals surface area contributed by atoms with Crippen molar-refractivity contribution >= 4 is 34.8 Å². The van der Waals surface area contributed by atoms with E-state index in [-0.39, 0.29) is 18.6 Å². The summed E-state index contributed by atoms with van der Waals surface area (Å²) in [5.41, 5.74) is 0.459. The smallest absolute Gasteiger partial charge is 0.225 e. The molecule has 2 N–H and O–H groups in total. The van der Waals surface area contributed by atoms with Gasteiger partial charge in [-0.1, -0.05) is 29.3 Å². The van der Waals surface area contributed by atoms with Gasteiger partial charge in [0.05, 0.1) is 22.3 Å². The van der Waals surface area contributed by atoms with Gasteiger partial charge in [-0.25, -0.2) is 0 Å². The van der Waals surface area contributed by atoms with E-state index in [0.29, 0.717) is 28.7 Å². The Balaban J connectivity index is 1.87. The highest BCUT2D eigenvalue weighted by molar-refractivity contribution is 6.39. The molecule has 0 aliphatic carbocycles. The molecule has 1 aliphatic rings. The van der Waals surface area contributed by atoms with Crippen LogP contribution in [0.1, 0.15) is 19.3 Å². The SMILES string of the molecule is O=C(CCN1CCC[C@@H]1CO)Nc1c(Cl)cccc1Cl. The largest absolute Gasteiger partial charge is 0.395 e. The summed E-state index contributed by atoms with van der Waals surface area (Å²) in [6.45, 7) is 1.72. The van der Waals surface area contributed by atoms with Crippen LogP contribution in [0.2, 0.25) is 10.0 Å². The number of aliphatic hydroxyl groups excluding tert-OH is 1. The summed E-state index contributed by atoms with van der Waals surface area (Å²) in [6, 6.07) is 5.29. The van der Waals surface area contributed by atoms with Gasteiger partial charge < -0.3 is 10.4 Å². The molecule has 1 amide bonds. The van der Waals surface area contributed by atoms with Crippen LogP contribution >= 0.6 is 23.2 Å². The van der Waals surface area contributed by atoms with E-state index in [0.717, 1.165) is 19.4 Å². The second-order valence-electron chi connectivity index (χ2n) is 4.91. The first kappa shape index (κ1) is 15.6. The number of halogens is 2. The fourth-order valence-electron chi connectivity index (χ4n) is 2.46. The molecular formula is C14H18Cl2N2O2. The molecule has 0 saturated carbocycles. The minimum atomic E-state index is -0.122. The van der Waals surface area contributed by atoms with Crippen LogP contribution in [0.5, 0.6) is 0 Å². The zero-order valence-corrected chi connectivity index (χ0v) is 12.6. The normalized spacial score (nSPS) is 19.2. The molecule has 0 radical (unpaired) electrons. The summed E-state index contributed by atoms with van der Waals surface area (Å²) in [7, 11) is 0. The van der Waals surface area contributed by atoms with E-state index in [4.69, 9.17) is 23.2 Å². The van der Waals surface area contributed by atoms with Crippen LogP contribution in [0.25, 0.3) is 0 Å². The summed E-state index contributed by atoms with van der Waals surface area (Å²) < 4.78 is 0. The highest BCUT2D eigenvalue weighted by Gasteiger charge is 2.23. The fourth-order valence-corrected chi connectivity index (χ4v) is 2.95. The minimum absolute atomic E-state index is 0.122. The van der Waals surface area contributed by atoms with Gasteiger partial charge in [0, 0.05) is 19.0 Å². The number of amides is 1. The Hall–Kier alpha value is -0.810. The highest BCUT2D eigenvalue weighted by Crippen LogP contribution is 2.29. The summed E-state index contributed by atoms with van der Waals surface area (Å²) >= 11 is 12.0. The van der Waals surface area contributed by atoms with Crippen LogP contribution in [0.3, 0.4) is 0 Å². The molecule has 4 nitrogen and oxygen atoms in total. The molecule has 6 heteroatoms. The maximum Gasteiger partial charge on any atom is 0.225 e. The molecule has 0 spiro atoms. The average Bonchev–Trinajstić information content (AvgIpc) is 2.88. The Kier molecular flexibility index (Phi) is 5.66. The molecule has 1 fully saturated rings. The topological polar surface area (TPSA) is 52.6 Å². The lowest BCUT2D eigenvalue weighted by Gasteiger charge is -2.22. The second-order valence-corrected chi connectivity index (χ2v) is 5.72. The van der Waals surface area contributed by atoms with Crippen LogP contribution in [0.4, 0.5) is 5.69 Å². The third-order valence-corrected chi connectivity index (χ3v) is 4.19. The summed E-state index contributed by atoms with van der Waals surface area (Å²) in [5, 5.41) is 12.8. The Morgan fingerprint density at radius 2 is 2.10 bits per heavy atom. The van der Waals surface area contributed by atoms with E-state index < -0.39 is 0 Å². The number of carbonyl (C=O) groups is 1. The van der Waals surface area contributed by atoms with Gasteiger partial charge in [0.1, 0.15) is 0 Å². The van der Waals surface area contributed by atoms with Gasteiger partial charge in [-0.2, -0.15) is 0 Å². The third-order valence-electron chi connectivity index (χ3n) is 3.56. The number of hydrogen-bond acceptors (Lipinski definition) is 3. The van der Waals surface area contributed by atoms with E-state index in [1.807, 2.05) is 0 Å². The predicted molar refractivity (Wildman–Crippen MR) is 81.4 cm³/mol. The molecule has 1 saturated heterocycles.